The highest BCUT2D eigenvalue weighted by atomic mass is 79.9. The molecule has 2 amide bonds. The average molecular weight is 598 g/mol. The smallest absolute Gasteiger partial charge is 0.243 e. The van der Waals surface area contributed by atoms with Crippen LogP contribution in [0, 0.1) is 5.82 Å². The van der Waals surface area contributed by atoms with Crippen LogP contribution in [0.25, 0.3) is 0 Å². The third-order valence-electron chi connectivity index (χ3n) is 6.87. The van der Waals surface area contributed by atoms with Gasteiger partial charge in [0.1, 0.15) is 11.9 Å². The van der Waals surface area contributed by atoms with Crippen LogP contribution in [0.4, 0.5) is 4.39 Å². The van der Waals surface area contributed by atoms with Crippen molar-refractivity contribution in [3.63, 3.8) is 0 Å². The van der Waals surface area contributed by atoms with Crippen molar-refractivity contribution in [3.8, 4) is 0 Å². The first-order chi connectivity index (χ1) is 18.5. The zero-order valence-corrected chi connectivity index (χ0v) is 23.9. The number of hydrogen-bond donors (Lipinski definition) is 1. The van der Waals surface area contributed by atoms with Gasteiger partial charge < -0.3 is 10.2 Å². The van der Waals surface area contributed by atoms with E-state index in [0.717, 1.165) is 46.8 Å². The minimum absolute atomic E-state index is 0.0863. The van der Waals surface area contributed by atoms with Crippen LogP contribution in [0.15, 0.2) is 83.3 Å². The maximum absolute atomic E-state index is 13.8. The predicted octanol–water partition coefficient (Wildman–Crippen LogP) is 6.91. The number of carbonyl (C=O) groups excluding carboxylic acids is 2. The molecule has 38 heavy (non-hydrogen) atoms. The highest BCUT2D eigenvalue weighted by Crippen LogP contribution is 2.22. The molecule has 0 spiro atoms. The Hall–Kier alpha value is -2.64. The molecule has 7 heteroatoms. The Morgan fingerprint density at radius 1 is 0.921 bits per heavy atom. The minimum Gasteiger partial charge on any atom is -0.352 e. The van der Waals surface area contributed by atoms with E-state index in [1.54, 1.807) is 17.0 Å². The van der Waals surface area contributed by atoms with Crippen molar-refractivity contribution in [1.29, 1.82) is 0 Å². The fourth-order valence-electron chi connectivity index (χ4n) is 4.85. The van der Waals surface area contributed by atoms with Crippen molar-refractivity contribution in [1.82, 2.24) is 10.2 Å². The first-order valence-electron chi connectivity index (χ1n) is 13.2. The average Bonchev–Trinajstić information content (AvgIpc) is 2.93. The van der Waals surface area contributed by atoms with E-state index in [4.69, 9.17) is 0 Å². The predicted molar refractivity (Wildman–Crippen MR) is 156 cm³/mol. The largest absolute Gasteiger partial charge is 0.352 e. The lowest BCUT2D eigenvalue weighted by Gasteiger charge is -2.33. The molecule has 3 aromatic rings. The highest BCUT2D eigenvalue weighted by molar-refractivity contribution is 9.10. The zero-order valence-electron chi connectivity index (χ0n) is 21.5. The molecule has 0 radical (unpaired) electrons. The van der Waals surface area contributed by atoms with Gasteiger partial charge in [-0.15, -0.1) is 11.8 Å². The number of nitrogens with one attached hydrogen (secondary N) is 1. The fraction of sp³-hybridized carbons (Fsp3) is 0.355. The van der Waals surface area contributed by atoms with Gasteiger partial charge in [-0.2, -0.15) is 0 Å². The normalized spacial score (nSPS) is 14.6. The van der Waals surface area contributed by atoms with Gasteiger partial charge in [-0.05, 0) is 53.8 Å². The van der Waals surface area contributed by atoms with Crippen LogP contribution in [-0.2, 0) is 28.3 Å². The Balaban J connectivity index is 1.56. The van der Waals surface area contributed by atoms with E-state index in [1.807, 2.05) is 54.6 Å². The van der Waals surface area contributed by atoms with Gasteiger partial charge >= 0.3 is 0 Å². The van der Waals surface area contributed by atoms with Gasteiger partial charge in [0.2, 0.25) is 11.8 Å². The Labute approximate surface area is 237 Å². The summed E-state index contributed by atoms with van der Waals surface area (Å²) in [7, 11) is 0. The third kappa shape index (κ3) is 8.70. The number of halogens is 2. The number of carbonyl (C=O) groups is 2. The molecule has 1 aliphatic carbocycles. The summed E-state index contributed by atoms with van der Waals surface area (Å²) in [5, 5.41) is 3.27. The monoisotopic (exact) mass is 596 g/mol. The molecule has 0 heterocycles. The summed E-state index contributed by atoms with van der Waals surface area (Å²) in [6, 6.07) is 23.6. The lowest BCUT2D eigenvalue weighted by molar-refractivity contribution is -0.139. The van der Waals surface area contributed by atoms with E-state index < -0.39 is 6.04 Å². The molecule has 200 valence electrons. The van der Waals surface area contributed by atoms with Gasteiger partial charge in [-0.25, -0.2) is 4.39 Å². The van der Waals surface area contributed by atoms with Crippen molar-refractivity contribution in [3.05, 3.63) is 106 Å². The second-order valence-corrected chi connectivity index (χ2v) is 11.7. The maximum atomic E-state index is 13.8. The van der Waals surface area contributed by atoms with Crippen LogP contribution < -0.4 is 5.32 Å². The van der Waals surface area contributed by atoms with E-state index in [0.29, 0.717) is 18.7 Å². The molecule has 3 aromatic carbocycles. The SMILES string of the molecule is O=C(NC1CCCCC1)[C@H](Cc1ccccc1)N(Cc1cccc(Br)c1)C(=O)CSCc1ccc(F)cc1. The summed E-state index contributed by atoms with van der Waals surface area (Å²) in [5.41, 5.74) is 2.93. The summed E-state index contributed by atoms with van der Waals surface area (Å²) < 4.78 is 14.2. The molecule has 4 rings (SSSR count). The van der Waals surface area contributed by atoms with E-state index in [1.165, 1.54) is 30.3 Å². The zero-order chi connectivity index (χ0) is 26.7. The Morgan fingerprint density at radius 2 is 1.63 bits per heavy atom. The summed E-state index contributed by atoms with van der Waals surface area (Å²) in [4.78, 5) is 29.3. The van der Waals surface area contributed by atoms with Crippen molar-refractivity contribution >= 4 is 39.5 Å². The van der Waals surface area contributed by atoms with Gasteiger partial charge in [0.15, 0.2) is 0 Å². The Bertz CT molecular complexity index is 1190. The van der Waals surface area contributed by atoms with Crippen molar-refractivity contribution in [2.24, 2.45) is 0 Å². The molecule has 1 fully saturated rings. The molecule has 1 saturated carbocycles. The molecule has 1 atom stereocenters. The number of thioether (sulfide) groups is 1. The number of amides is 2. The molecule has 0 unspecified atom stereocenters. The van der Waals surface area contributed by atoms with E-state index in [2.05, 4.69) is 21.2 Å². The van der Waals surface area contributed by atoms with E-state index in [9.17, 15) is 14.0 Å². The molecule has 0 aromatic heterocycles. The Kier molecular flexibility index (Phi) is 10.8. The van der Waals surface area contributed by atoms with Gasteiger partial charge in [0, 0.05) is 29.2 Å². The third-order valence-corrected chi connectivity index (χ3v) is 8.35. The summed E-state index contributed by atoms with van der Waals surface area (Å²) in [5.74, 6) is 0.370. The fourth-order valence-corrected chi connectivity index (χ4v) is 6.17. The Morgan fingerprint density at radius 3 is 2.34 bits per heavy atom. The van der Waals surface area contributed by atoms with Crippen LogP contribution in [0.2, 0.25) is 0 Å². The number of benzene rings is 3. The van der Waals surface area contributed by atoms with Gasteiger partial charge in [-0.1, -0.05) is 89.8 Å². The molecule has 1 aliphatic rings. The minimum atomic E-state index is -0.628. The summed E-state index contributed by atoms with van der Waals surface area (Å²) in [6.45, 7) is 0.338. The van der Waals surface area contributed by atoms with Crippen LogP contribution in [0.5, 0.6) is 0 Å². The van der Waals surface area contributed by atoms with E-state index in [-0.39, 0.29) is 29.4 Å². The maximum Gasteiger partial charge on any atom is 0.243 e. The molecule has 1 N–H and O–H groups in total. The topological polar surface area (TPSA) is 49.4 Å². The van der Waals surface area contributed by atoms with Gasteiger partial charge in [0.25, 0.3) is 0 Å². The van der Waals surface area contributed by atoms with Crippen molar-refractivity contribution < 1.29 is 14.0 Å². The summed E-state index contributed by atoms with van der Waals surface area (Å²) >= 11 is 5.01. The van der Waals surface area contributed by atoms with Gasteiger partial charge in [0.05, 0.1) is 5.75 Å². The first kappa shape index (κ1) is 28.4. The van der Waals surface area contributed by atoms with Crippen LogP contribution in [-0.4, -0.2) is 34.6 Å². The van der Waals surface area contributed by atoms with Crippen LogP contribution >= 0.6 is 27.7 Å². The first-order valence-corrected chi connectivity index (χ1v) is 15.1. The van der Waals surface area contributed by atoms with Crippen molar-refractivity contribution in [2.45, 2.75) is 62.9 Å². The molecular weight excluding hydrogens is 563 g/mol. The highest BCUT2D eigenvalue weighted by Gasteiger charge is 2.31. The molecule has 0 bridgehead atoms. The van der Waals surface area contributed by atoms with E-state index >= 15 is 0 Å². The van der Waals surface area contributed by atoms with Crippen LogP contribution in [0.3, 0.4) is 0 Å². The quantitative estimate of drug-likeness (QED) is 0.261. The lowest BCUT2D eigenvalue weighted by atomic mass is 9.94. The standard InChI is InChI=1S/C31H34BrFN2O2S/c32-26-11-7-10-25(18-26)20-35(30(36)22-38-21-24-14-16-27(33)17-15-24)29(19-23-8-3-1-4-9-23)31(37)34-28-12-5-2-6-13-28/h1,3-4,7-11,14-18,28-29H,2,5-6,12-13,19-22H2,(H,34,37)/t29-/m0/s1. The summed E-state index contributed by atoms with van der Waals surface area (Å²) in [6.07, 6.45) is 5.86. The van der Waals surface area contributed by atoms with Crippen molar-refractivity contribution in [2.75, 3.05) is 5.75 Å². The molecule has 4 nitrogen and oxygen atoms in total. The number of nitrogens with zero attached hydrogens (tertiary/aromatic N) is 1. The van der Waals surface area contributed by atoms with Gasteiger partial charge in [-0.3, -0.25) is 9.59 Å². The number of hydrogen-bond acceptors (Lipinski definition) is 3. The lowest BCUT2D eigenvalue weighted by Crippen LogP contribution is -2.53. The second-order valence-electron chi connectivity index (χ2n) is 9.82. The molecule has 0 saturated heterocycles. The number of rotatable bonds is 11. The molecule has 0 aliphatic heterocycles. The molecular formula is C31H34BrFN2O2S. The van der Waals surface area contributed by atoms with Crippen LogP contribution in [0.1, 0.15) is 48.8 Å². The second kappa shape index (κ2) is 14.5.